The van der Waals surface area contributed by atoms with Gasteiger partial charge in [-0.3, -0.25) is 0 Å². The number of hydrogen-bond acceptors (Lipinski definition) is 2. The first kappa shape index (κ1) is 14.6. The van der Waals surface area contributed by atoms with Gasteiger partial charge in [0.25, 0.3) is 10.0 Å². The van der Waals surface area contributed by atoms with E-state index in [4.69, 9.17) is 11.6 Å². The average Bonchev–Trinajstić information content (AvgIpc) is 2.39. The zero-order valence-electron chi connectivity index (χ0n) is 9.92. The van der Waals surface area contributed by atoms with Crippen molar-refractivity contribution in [1.29, 1.82) is 0 Å². The number of rotatable bonds is 3. The van der Waals surface area contributed by atoms with E-state index in [1.807, 2.05) is 0 Å². The monoisotopic (exact) mass is 315 g/mol. The van der Waals surface area contributed by atoms with E-state index in [0.29, 0.717) is 0 Å². The molecule has 0 aliphatic carbocycles. The molecule has 0 radical (unpaired) electrons. The zero-order valence-corrected chi connectivity index (χ0v) is 11.5. The Balaban J connectivity index is 2.37. The van der Waals surface area contributed by atoms with Crippen LogP contribution in [-0.2, 0) is 10.0 Å². The van der Waals surface area contributed by atoms with Crippen LogP contribution in [0.15, 0.2) is 57.8 Å². The summed E-state index contributed by atoms with van der Waals surface area (Å²) >= 11 is 5.80. The molecule has 0 aliphatic heterocycles. The van der Waals surface area contributed by atoms with Crippen molar-refractivity contribution in [1.82, 2.24) is 0 Å². The van der Waals surface area contributed by atoms with Crippen LogP contribution in [0, 0.1) is 11.6 Å². The highest BCUT2D eigenvalue weighted by molar-refractivity contribution is 7.90. The van der Waals surface area contributed by atoms with Crippen molar-refractivity contribution in [3.05, 3.63) is 65.7 Å². The maximum atomic E-state index is 12.8. The number of halogens is 3. The fourth-order valence-electron chi connectivity index (χ4n) is 1.40. The lowest BCUT2D eigenvalue weighted by Gasteiger charge is -2.01. The topological polar surface area (TPSA) is 46.5 Å². The molecule has 0 saturated heterocycles. The minimum absolute atomic E-state index is 0.181. The maximum Gasteiger partial charge on any atom is 0.283 e. The molecule has 0 aliphatic rings. The molecule has 20 heavy (non-hydrogen) atoms. The van der Waals surface area contributed by atoms with Gasteiger partial charge in [-0.1, -0.05) is 11.6 Å². The van der Waals surface area contributed by atoms with Crippen molar-refractivity contribution in [2.24, 2.45) is 4.40 Å². The molecule has 0 saturated carbocycles. The van der Waals surface area contributed by atoms with Crippen LogP contribution in [0.4, 0.5) is 8.78 Å². The Bertz CT molecular complexity index is 741. The molecule has 0 fully saturated rings. The Hall–Kier alpha value is -1.79. The third kappa shape index (κ3) is 3.40. The molecule has 2 aromatic carbocycles. The van der Waals surface area contributed by atoms with Gasteiger partial charge in [0.15, 0.2) is 0 Å². The molecule has 0 unspecified atom stereocenters. The third-order valence-corrected chi connectivity index (χ3v) is 4.09. The van der Waals surface area contributed by atoms with Crippen LogP contribution >= 0.6 is 11.6 Å². The van der Waals surface area contributed by atoms with E-state index in [1.54, 1.807) is 0 Å². The lowest BCUT2D eigenvalue weighted by molar-refractivity contribution is 0.596. The molecular weight excluding hydrogens is 308 g/mol. The van der Waals surface area contributed by atoms with Gasteiger partial charge in [-0.2, -0.15) is 8.42 Å². The second-order valence-electron chi connectivity index (χ2n) is 3.82. The van der Waals surface area contributed by atoms with Crippen molar-refractivity contribution >= 4 is 26.8 Å². The summed E-state index contributed by atoms with van der Waals surface area (Å²) in [4.78, 5) is -0.181. The molecule has 104 valence electrons. The fourth-order valence-corrected chi connectivity index (χ4v) is 2.71. The van der Waals surface area contributed by atoms with E-state index in [1.165, 1.54) is 12.1 Å². The zero-order chi connectivity index (χ0) is 14.8. The van der Waals surface area contributed by atoms with E-state index >= 15 is 0 Å². The number of benzene rings is 2. The third-order valence-electron chi connectivity index (χ3n) is 2.39. The molecule has 0 amide bonds. The molecule has 0 aromatic heterocycles. The lowest BCUT2D eigenvalue weighted by Crippen LogP contribution is -2.01. The van der Waals surface area contributed by atoms with Crippen molar-refractivity contribution in [3.63, 3.8) is 0 Å². The van der Waals surface area contributed by atoms with Crippen molar-refractivity contribution in [2.45, 2.75) is 4.90 Å². The van der Waals surface area contributed by atoms with Gasteiger partial charge in [0, 0.05) is 5.56 Å². The van der Waals surface area contributed by atoms with Crippen molar-refractivity contribution in [2.75, 3.05) is 0 Å². The minimum Gasteiger partial charge on any atom is -0.207 e. The maximum absolute atomic E-state index is 12.8. The van der Waals surface area contributed by atoms with Crippen LogP contribution in [0.5, 0.6) is 0 Å². The molecule has 3 nitrogen and oxygen atoms in total. The summed E-state index contributed by atoms with van der Waals surface area (Å²) in [7, 11) is -4.04. The van der Waals surface area contributed by atoms with Gasteiger partial charge in [-0.15, -0.1) is 4.40 Å². The lowest BCUT2D eigenvalue weighted by atomic mass is 10.2. The van der Waals surface area contributed by atoms with Crippen LogP contribution in [0.1, 0.15) is 5.56 Å². The summed E-state index contributed by atoms with van der Waals surface area (Å²) in [6.07, 6.45) is 0. The normalized spacial score (nSPS) is 12.4. The predicted molar refractivity (Wildman–Crippen MR) is 72.4 cm³/mol. The van der Waals surface area contributed by atoms with Crippen molar-refractivity contribution in [3.8, 4) is 0 Å². The van der Waals surface area contributed by atoms with Gasteiger partial charge in [-0.25, -0.2) is 8.78 Å². The van der Waals surface area contributed by atoms with E-state index in [-0.39, 0.29) is 15.6 Å². The fraction of sp³-hybridized carbons (Fsp3) is 0. The molecular formula is C13H8ClF2NO2S. The number of nitrogens with zero attached hydrogens (tertiary/aromatic N) is 1. The smallest absolute Gasteiger partial charge is 0.207 e. The summed E-state index contributed by atoms with van der Waals surface area (Å²) < 4.78 is 52.8. The summed E-state index contributed by atoms with van der Waals surface area (Å²) in [5.41, 5.74) is 0.263. The second-order valence-corrected chi connectivity index (χ2v) is 5.78. The first-order valence-corrected chi connectivity index (χ1v) is 7.22. The van der Waals surface area contributed by atoms with Crippen LogP contribution in [-0.4, -0.2) is 13.6 Å². The molecule has 0 atom stereocenters. The molecule has 0 N–H and O–H groups in total. The quantitative estimate of drug-likeness (QED) is 0.816. The van der Waals surface area contributed by atoms with Gasteiger partial charge in [0.2, 0.25) is 0 Å². The highest BCUT2D eigenvalue weighted by Crippen LogP contribution is 2.16. The van der Waals surface area contributed by atoms with Crippen LogP contribution in [0.2, 0.25) is 0 Å². The van der Waals surface area contributed by atoms with Gasteiger partial charge >= 0.3 is 0 Å². The Morgan fingerprint density at radius 2 is 1.35 bits per heavy atom. The van der Waals surface area contributed by atoms with E-state index in [0.717, 1.165) is 36.4 Å². The highest BCUT2D eigenvalue weighted by atomic mass is 35.5. The summed E-state index contributed by atoms with van der Waals surface area (Å²) in [5, 5.41) is -0.297. The molecule has 0 bridgehead atoms. The molecule has 0 heterocycles. The Kier molecular flexibility index (Phi) is 4.15. The van der Waals surface area contributed by atoms with Gasteiger partial charge in [0.1, 0.15) is 16.8 Å². The van der Waals surface area contributed by atoms with Gasteiger partial charge < -0.3 is 0 Å². The van der Waals surface area contributed by atoms with E-state index < -0.39 is 21.7 Å². The molecule has 2 rings (SSSR count). The highest BCUT2D eigenvalue weighted by Gasteiger charge is 2.14. The average molecular weight is 316 g/mol. The number of sulfonamides is 1. The van der Waals surface area contributed by atoms with Crippen LogP contribution in [0.3, 0.4) is 0 Å². The van der Waals surface area contributed by atoms with Gasteiger partial charge in [0.05, 0.1) is 4.90 Å². The second kappa shape index (κ2) is 5.68. The van der Waals surface area contributed by atoms with Gasteiger partial charge in [-0.05, 0) is 48.5 Å². The van der Waals surface area contributed by atoms with Crippen molar-refractivity contribution < 1.29 is 17.2 Å². The summed E-state index contributed by atoms with van der Waals surface area (Å²) in [5.74, 6) is -1.03. The predicted octanol–water partition coefficient (Wildman–Crippen LogP) is 3.34. The standard InChI is InChI=1S/C13H8ClF2NO2S/c14-13(9-1-3-10(15)4-2-9)17-20(18,19)12-7-5-11(16)6-8-12/h1-8H/b17-13+. The SMILES string of the molecule is O=S(=O)(/N=C(/Cl)c1ccc(F)cc1)c1ccc(F)cc1. The minimum atomic E-state index is -4.04. The molecule has 2 aromatic rings. The molecule has 7 heteroatoms. The Labute approximate surface area is 119 Å². The Morgan fingerprint density at radius 3 is 1.85 bits per heavy atom. The first-order valence-electron chi connectivity index (χ1n) is 5.40. The number of hydrogen-bond donors (Lipinski definition) is 0. The van der Waals surface area contributed by atoms with E-state index in [9.17, 15) is 17.2 Å². The largest absolute Gasteiger partial charge is 0.283 e. The first-order chi connectivity index (χ1) is 9.38. The Morgan fingerprint density at radius 1 is 0.900 bits per heavy atom. The van der Waals surface area contributed by atoms with Crippen LogP contribution < -0.4 is 0 Å². The summed E-state index contributed by atoms with van der Waals surface area (Å²) in [6.45, 7) is 0. The van der Waals surface area contributed by atoms with E-state index in [2.05, 4.69) is 4.40 Å². The summed E-state index contributed by atoms with van der Waals surface area (Å²) in [6, 6.07) is 9.08. The molecule has 0 spiro atoms. The van der Waals surface area contributed by atoms with Crippen LogP contribution in [0.25, 0.3) is 0 Å².